The van der Waals surface area contributed by atoms with E-state index in [-0.39, 0.29) is 5.91 Å². The molecule has 0 spiro atoms. The average molecular weight is 369 g/mol. The Bertz CT molecular complexity index is 756. The first-order valence-corrected chi connectivity index (χ1v) is 9.20. The Labute approximate surface area is 160 Å². The van der Waals surface area contributed by atoms with Crippen molar-refractivity contribution in [2.75, 3.05) is 50.6 Å². The lowest BCUT2D eigenvalue weighted by Crippen LogP contribution is -2.44. The number of carbonyl (C=O) groups excluding carboxylic acids is 1. The van der Waals surface area contributed by atoms with E-state index in [1.165, 1.54) is 5.69 Å². The molecular weight excluding hydrogens is 342 g/mol. The van der Waals surface area contributed by atoms with Crippen LogP contribution in [-0.4, -0.2) is 57.2 Å². The molecule has 1 aliphatic rings. The maximum Gasteiger partial charge on any atom is 0.265 e. The highest BCUT2D eigenvalue weighted by Crippen LogP contribution is 2.22. The van der Waals surface area contributed by atoms with E-state index in [4.69, 9.17) is 9.47 Å². The summed E-state index contributed by atoms with van der Waals surface area (Å²) in [5.74, 6) is 1.10. The van der Waals surface area contributed by atoms with Gasteiger partial charge in [-0.25, -0.2) is 0 Å². The SMILES string of the molecule is COc1cccc(O[C@H](C)C(=O)Nc2ccc(N3CCN(C)CC3)cc2)c1. The molecule has 27 heavy (non-hydrogen) atoms. The number of carbonyl (C=O) groups is 1. The third kappa shape index (κ3) is 5.14. The lowest BCUT2D eigenvalue weighted by atomic mass is 10.2. The van der Waals surface area contributed by atoms with Crippen LogP contribution in [0.1, 0.15) is 6.92 Å². The molecule has 0 bridgehead atoms. The highest BCUT2D eigenvalue weighted by molar-refractivity contribution is 5.94. The summed E-state index contributed by atoms with van der Waals surface area (Å²) >= 11 is 0. The number of hydrogen-bond donors (Lipinski definition) is 1. The van der Waals surface area contributed by atoms with Gasteiger partial charge in [-0.1, -0.05) is 6.07 Å². The molecule has 0 aromatic heterocycles. The summed E-state index contributed by atoms with van der Waals surface area (Å²) in [5.41, 5.74) is 1.95. The Morgan fingerprint density at radius 3 is 2.37 bits per heavy atom. The van der Waals surface area contributed by atoms with E-state index in [9.17, 15) is 4.79 Å². The van der Waals surface area contributed by atoms with Crippen LogP contribution in [0.4, 0.5) is 11.4 Å². The van der Waals surface area contributed by atoms with Crippen LogP contribution in [0, 0.1) is 0 Å². The van der Waals surface area contributed by atoms with Crippen molar-refractivity contribution in [2.24, 2.45) is 0 Å². The van der Waals surface area contributed by atoms with E-state index in [2.05, 4.69) is 34.3 Å². The molecule has 3 rings (SSSR count). The first kappa shape index (κ1) is 19.0. The number of hydrogen-bond acceptors (Lipinski definition) is 5. The van der Waals surface area contributed by atoms with Crippen LogP contribution >= 0.6 is 0 Å². The van der Waals surface area contributed by atoms with Crippen LogP contribution in [0.2, 0.25) is 0 Å². The van der Waals surface area contributed by atoms with E-state index in [0.717, 1.165) is 31.9 Å². The van der Waals surface area contributed by atoms with Crippen LogP contribution in [0.5, 0.6) is 11.5 Å². The van der Waals surface area contributed by atoms with Crippen LogP contribution in [0.15, 0.2) is 48.5 Å². The van der Waals surface area contributed by atoms with Crippen LogP contribution in [-0.2, 0) is 4.79 Å². The molecule has 2 aromatic carbocycles. The summed E-state index contributed by atoms with van der Waals surface area (Å²) in [5, 5.41) is 2.91. The minimum Gasteiger partial charge on any atom is -0.497 e. The second kappa shape index (κ2) is 8.77. The molecule has 1 atom stereocenters. The molecule has 144 valence electrons. The van der Waals surface area contributed by atoms with Crippen molar-refractivity contribution in [1.82, 2.24) is 4.90 Å². The molecule has 0 saturated carbocycles. The summed E-state index contributed by atoms with van der Waals surface area (Å²) < 4.78 is 10.9. The van der Waals surface area contributed by atoms with Crippen LogP contribution in [0.25, 0.3) is 0 Å². The largest absolute Gasteiger partial charge is 0.497 e. The molecule has 6 heteroatoms. The Morgan fingerprint density at radius 1 is 1.04 bits per heavy atom. The Morgan fingerprint density at radius 2 is 1.70 bits per heavy atom. The number of rotatable bonds is 6. The molecule has 0 aliphatic carbocycles. The maximum absolute atomic E-state index is 12.4. The molecule has 1 saturated heterocycles. The van der Waals surface area contributed by atoms with Crippen LogP contribution in [0.3, 0.4) is 0 Å². The van der Waals surface area contributed by atoms with E-state index in [1.54, 1.807) is 26.2 Å². The van der Waals surface area contributed by atoms with Crippen molar-refractivity contribution in [3.05, 3.63) is 48.5 Å². The quantitative estimate of drug-likeness (QED) is 0.849. The predicted molar refractivity (Wildman–Crippen MR) is 108 cm³/mol. The minimum atomic E-state index is -0.616. The number of ether oxygens (including phenoxy) is 2. The predicted octanol–water partition coefficient (Wildman–Crippen LogP) is 2.85. The Hall–Kier alpha value is -2.73. The van der Waals surface area contributed by atoms with Crippen LogP contribution < -0.4 is 19.7 Å². The standard InChI is InChI=1S/C21H27N3O3/c1-16(27-20-6-4-5-19(15-20)26-3)21(25)22-17-7-9-18(10-8-17)24-13-11-23(2)12-14-24/h4-10,15-16H,11-14H2,1-3H3,(H,22,25)/t16-/m1/s1. The molecule has 1 N–H and O–H groups in total. The minimum absolute atomic E-state index is 0.190. The zero-order valence-electron chi connectivity index (χ0n) is 16.1. The molecule has 1 fully saturated rings. The van der Waals surface area contributed by atoms with Gasteiger partial charge in [-0.05, 0) is 50.4 Å². The second-order valence-corrected chi connectivity index (χ2v) is 6.77. The van der Waals surface area contributed by atoms with Gasteiger partial charge in [0.25, 0.3) is 5.91 Å². The highest BCUT2D eigenvalue weighted by Gasteiger charge is 2.17. The number of nitrogens with zero attached hydrogens (tertiary/aromatic N) is 2. The van der Waals surface area contributed by atoms with E-state index in [0.29, 0.717) is 11.5 Å². The fourth-order valence-corrected chi connectivity index (χ4v) is 3.00. The monoisotopic (exact) mass is 369 g/mol. The second-order valence-electron chi connectivity index (χ2n) is 6.77. The van der Waals surface area contributed by atoms with Crippen molar-refractivity contribution in [1.29, 1.82) is 0 Å². The van der Waals surface area contributed by atoms with Crippen molar-refractivity contribution < 1.29 is 14.3 Å². The highest BCUT2D eigenvalue weighted by atomic mass is 16.5. The number of piperazine rings is 1. The Balaban J connectivity index is 1.55. The van der Waals surface area contributed by atoms with Gasteiger partial charge in [0, 0.05) is 43.6 Å². The summed E-state index contributed by atoms with van der Waals surface area (Å²) in [6.45, 7) is 5.91. The molecule has 1 amide bonds. The van der Waals surface area contributed by atoms with E-state index >= 15 is 0 Å². The van der Waals surface area contributed by atoms with Gasteiger partial charge in [-0.15, -0.1) is 0 Å². The molecule has 6 nitrogen and oxygen atoms in total. The fraction of sp³-hybridized carbons (Fsp3) is 0.381. The van der Waals surface area contributed by atoms with Crippen molar-refractivity contribution >= 4 is 17.3 Å². The molecule has 1 aliphatic heterocycles. The zero-order chi connectivity index (χ0) is 19.2. The van der Waals surface area contributed by atoms with Crippen molar-refractivity contribution in [2.45, 2.75) is 13.0 Å². The molecular formula is C21H27N3O3. The molecule has 0 unspecified atom stereocenters. The number of anilines is 2. The summed E-state index contributed by atoms with van der Waals surface area (Å²) in [4.78, 5) is 17.1. The number of benzene rings is 2. The maximum atomic E-state index is 12.4. The molecule has 0 radical (unpaired) electrons. The van der Waals surface area contributed by atoms with Gasteiger partial charge in [0.05, 0.1) is 7.11 Å². The average Bonchev–Trinajstić information content (AvgIpc) is 2.69. The first-order chi connectivity index (χ1) is 13.0. The summed E-state index contributed by atoms with van der Waals surface area (Å²) in [7, 11) is 3.74. The first-order valence-electron chi connectivity index (χ1n) is 9.20. The smallest absolute Gasteiger partial charge is 0.265 e. The van der Waals surface area contributed by atoms with Crippen molar-refractivity contribution in [3.8, 4) is 11.5 Å². The number of nitrogens with one attached hydrogen (secondary N) is 1. The van der Waals surface area contributed by atoms with Gasteiger partial charge < -0.3 is 24.6 Å². The lowest BCUT2D eigenvalue weighted by Gasteiger charge is -2.34. The third-order valence-corrected chi connectivity index (χ3v) is 4.73. The Kier molecular flexibility index (Phi) is 6.19. The molecule has 1 heterocycles. The fourth-order valence-electron chi connectivity index (χ4n) is 3.00. The van der Waals surface area contributed by atoms with Gasteiger partial charge in [-0.2, -0.15) is 0 Å². The van der Waals surface area contributed by atoms with Gasteiger partial charge in [-0.3, -0.25) is 4.79 Å². The number of likely N-dealkylation sites (N-methyl/N-ethyl adjacent to an activating group) is 1. The van der Waals surface area contributed by atoms with Gasteiger partial charge >= 0.3 is 0 Å². The zero-order valence-corrected chi connectivity index (χ0v) is 16.1. The van der Waals surface area contributed by atoms with Gasteiger partial charge in [0.1, 0.15) is 11.5 Å². The van der Waals surface area contributed by atoms with Crippen molar-refractivity contribution in [3.63, 3.8) is 0 Å². The summed E-state index contributed by atoms with van der Waals surface area (Å²) in [6.07, 6.45) is -0.616. The number of amides is 1. The summed E-state index contributed by atoms with van der Waals surface area (Å²) in [6, 6.07) is 15.2. The number of methoxy groups -OCH3 is 1. The topological polar surface area (TPSA) is 54.0 Å². The van der Waals surface area contributed by atoms with E-state index < -0.39 is 6.10 Å². The lowest BCUT2D eigenvalue weighted by molar-refractivity contribution is -0.122. The normalized spacial score (nSPS) is 15.9. The van der Waals surface area contributed by atoms with E-state index in [1.807, 2.05) is 24.3 Å². The molecule has 2 aromatic rings. The third-order valence-electron chi connectivity index (χ3n) is 4.73. The van der Waals surface area contributed by atoms with Gasteiger partial charge in [0.2, 0.25) is 0 Å². The van der Waals surface area contributed by atoms with Gasteiger partial charge in [0.15, 0.2) is 6.10 Å².